The van der Waals surface area contributed by atoms with Crippen LogP contribution in [0, 0.1) is 11.8 Å². The number of alkyl halides is 1. The molecule has 0 rings (SSSR count). The van der Waals surface area contributed by atoms with Crippen molar-refractivity contribution in [1.82, 2.24) is 4.31 Å². The second-order valence-electron chi connectivity index (χ2n) is 4.33. The highest BCUT2D eigenvalue weighted by atomic mass is 79.9. The van der Waals surface area contributed by atoms with Crippen LogP contribution < -0.4 is 0 Å². The molecule has 0 spiro atoms. The monoisotopic (exact) mass is 285 g/mol. The standard InChI is InChI=1S/C9H20BrNO2S/c1-8(2)5-11(6-9(3)4)14(12,13)7-10/h8-9H,5-7H2,1-4H3. The van der Waals surface area contributed by atoms with E-state index in [4.69, 9.17) is 0 Å². The maximum atomic E-state index is 11.6. The Balaban J connectivity index is 4.55. The first-order chi connectivity index (χ1) is 6.29. The van der Waals surface area contributed by atoms with Gasteiger partial charge in [0.25, 0.3) is 0 Å². The highest BCUT2D eigenvalue weighted by molar-refractivity contribution is 9.10. The summed E-state index contributed by atoms with van der Waals surface area (Å²) in [6, 6.07) is 0. The molecule has 14 heavy (non-hydrogen) atoms. The summed E-state index contributed by atoms with van der Waals surface area (Å²) in [6.45, 7) is 9.31. The van der Waals surface area contributed by atoms with Gasteiger partial charge in [-0.2, -0.15) is 0 Å². The van der Waals surface area contributed by atoms with Gasteiger partial charge in [-0.05, 0) is 11.8 Å². The molecule has 0 aliphatic rings. The largest absolute Gasteiger partial charge is 0.224 e. The van der Waals surface area contributed by atoms with Crippen LogP contribution >= 0.6 is 15.9 Å². The fourth-order valence-corrected chi connectivity index (χ4v) is 3.24. The molecule has 0 aliphatic carbocycles. The SMILES string of the molecule is CC(C)CN(CC(C)C)S(=O)(=O)CBr. The van der Waals surface area contributed by atoms with E-state index in [0.29, 0.717) is 24.9 Å². The molecule has 0 bridgehead atoms. The Bertz CT molecular complexity index is 240. The third kappa shape index (κ3) is 5.32. The molecule has 0 N–H and O–H groups in total. The van der Waals surface area contributed by atoms with E-state index in [1.807, 2.05) is 27.7 Å². The van der Waals surface area contributed by atoms with Crippen molar-refractivity contribution in [2.75, 3.05) is 17.8 Å². The second-order valence-corrected chi connectivity index (χ2v) is 7.60. The number of rotatable bonds is 6. The average molecular weight is 286 g/mol. The molecule has 86 valence electrons. The van der Waals surface area contributed by atoms with Gasteiger partial charge >= 0.3 is 0 Å². The average Bonchev–Trinajstić information content (AvgIpc) is 2.01. The number of sulfonamides is 1. The summed E-state index contributed by atoms with van der Waals surface area (Å²) in [7, 11) is -3.10. The second kappa shape index (κ2) is 6.08. The lowest BCUT2D eigenvalue weighted by Crippen LogP contribution is -2.37. The quantitative estimate of drug-likeness (QED) is 0.702. The van der Waals surface area contributed by atoms with E-state index in [1.54, 1.807) is 4.31 Å². The number of hydrogen-bond donors (Lipinski definition) is 0. The van der Waals surface area contributed by atoms with Crippen molar-refractivity contribution in [2.45, 2.75) is 27.7 Å². The molecule has 0 amide bonds. The minimum atomic E-state index is -3.10. The van der Waals surface area contributed by atoms with Crippen molar-refractivity contribution in [3.05, 3.63) is 0 Å². The summed E-state index contributed by atoms with van der Waals surface area (Å²) in [4.78, 5) is 0. The molecule has 0 unspecified atom stereocenters. The normalized spacial score (nSPS) is 13.1. The molecular formula is C9H20BrNO2S. The molecule has 0 aromatic heterocycles. The van der Waals surface area contributed by atoms with Crippen molar-refractivity contribution in [2.24, 2.45) is 11.8 Å². The predicted octanol–water partition coefficient (Wildman–Crippen LogP) is 2.28. The van der Waals surface area contributed by atoms with E-state index >= 15 is 0 Å². The molecule has 0 fully saturated rings. The van der Waals surface area contributed by atoms with Crippen LogP contribution in [0.1, 0.15) is 27.7 Å². The molecule has 0 saturated carbocycles. The Kier molecular flexibility index (Phi) is 6.25. The lowest BCUT2D eigenvalue weighted by molar-refractivity contribution is 0.335. The van der Waals surface area contributed by atoms with Crippen LogP contribution in [-0.2, 0) is 10.0 Å². The third-order valence-corrected chi connectivity index (χ3v) is 4.77. The van der Waals surface area contributed by atoms with Gasteiger partial charge in [0.05, 0.1) is 0 Å². The fourth-order valence-electron chi connectivity index (χ4n) is 1.19. The number of hydrogen-bond acceptors (Lipinski definition) is 2. The summed E-state index contributed by atoms with van der Waals surface area (Å²) >= 11 is 3.02. The summed E-state index contributed by atoms with van der Waals surface area (Å²) < 4.78 is 24.9. The molecule has 5 heteroatoms. The van der Waals surface area contributed by atoms with Crippen LogP contribution in [0.15, 0.2) is 0 Å². The number of halogens is 1. The number of nitrogens with zero attached hydrogens (tertiary/aromatic N) is 1. The molecule has 3 nitrogen and oxygen atoms in total. The van der Waals surface area contributed by atoms with Gasteiger partial charge < -0.3 is 0 Å². The van der Waals surface area contributed by atoms with Crippen LogP contribution in [0.4, 0.5) is 0 Å². The zero-order valence-electron chi connectivity index (χ0n) is 9.33. The molecule has 0 radical (unpaired) electrons. The Morgan fingerprint density at radius 3 is 1.64 bits per heavy atom. The Hall–Kier alpha value is 0.390. The maximum absolute atomic E-state index is 11.6. The maximum Gasteiger partial charge on any atom is 0.224 e. The summed E-state index contributed by atoms with van der Waals surface area (Å²) in [5.74, 6) is 0.727. The van der Waals surface area contributed by atoms with Crippen molar-refractivity contribution >= 4 is 26.0 Å². The summed E-state index contributed by atoms with van der Waals surface area (Å²) in [6.07, 6.45) is 0. The van der Waals surface area contributed by atoms with E-state index in [-0.39, 0.29) is 4.66 Å². The summed E-state index contributed by atoms with van der Waals surface area (Å²) in [5.41, 5.74) is 0. The molecule has 0 aliphatic heterocycles. The van der Waals surface area contributed by atoms with Gasteiger partial charge in [-0.25, -0.2) is 12.7 Å². The van der Waals surface area contributed by atoms with Gasteiger partial charge in [-0.1, -0.05) is 43.6 Å². The van der Waals surface area contributed by atoms with E-state index in [0.717, 1.165) is 0 Å². The first kappa shape index (κ1) is 14.4. The van der Waals surface area contributed by atoms with Crippen LogP contribution in [0.5, 0.6) is 0 Å². The first-order valence-corrected chi connectivity index (χ1v) is 7.56. The van der Waals surface area contributed by atoms with Crippen LogP contribution in [-0.4, -0.2) is 30.5 Å². The molecule has 0 heterocycles. The fraction of sp³-hybridized carbons (Fsp3) is 1.00. The molecule has 0 aromatic rings. The highest BCUT2D eigenvalue weighted by Crippen LogP contribution is 2.11. The van der Waals surface area contributed by atoms with Crippen LogP contribution in [0.25, 0.3) is 0 Å². The Labute approximate surface area is 96.0 Å². The van der Waals surface area contributed by atoms with Gasteiger partial charge in [0.1, 0.15) is 4.66 Å². The predicted molar refractivity (Wildman–Crippen MR) is 64.0 cm³/mol. The molecular weight excluding hydrogens is 266 g/mol. The minimum absolute atomic E-state index is 0.0133. The molecule has 0 atom stereocenters. The lowest BCUT2D eigenvalue weighted by Gasteiger charge is -2.24. The zero-order valence-corrected chi connectivity index (χ0v) is 11.7. The van der Waals surface area contributed by atoms with E-state index in [9.17, 15) is 8.42 Å². The zero-order chi connectivity index (χ0) is 11.4. The van der Waals surface area contributed by atoms with Crippen molar-refractivity contribution < 1.29 is 8.42 Å². The van der Waals surface area contributed by atoms with E-state index in [1.165, 1.54) is 0 Å². The Morgan fingerprint density at radius 1 is 1.07 bits per heavy atom. The van der Waals surface area contributed by atoms with Gasteiger partial charge in [0.15, 0.2) is 0 Å². The van der Waals surface area contributed by atoms with Gasteiger partial charge in [-0.15, -0.1) is 0 Å². The van der Waals surface area contributed by atoms with Gasteiger partial charge in [0, 0.05) is 13.1 Å². The van der Waals surface area contributed by atoms with E-state index < -0.39 is 10.0 Å². The Morgan fingerprint density at radius 2 is 1.43 bits per heavy atom. The molecule has 0 saturated heterocycles. The first-order valence-electron chi connectivity index (χ1n) is 4.83. The smallest absolute Gasteiger partial charge is 0.211 e. The highest BCUT2D eigenvalue weighted by Gasteiger charge is 2.22. The lowest BCUT2D eigenvalue weighted by atomic mass is 10.2. The van der Waals surface area contributed by atoms with E-state index in [2.05, 4.69) is 15.9 Å². The van der Waals surface area contributed by atoms with Crippen molar-refractivity contribution in [3.63, 3.8) is 0 Å². The topological polar surface area (TPSA) is 37.4 Å². The van der Waals surface area contributed by atoms with Crippen LogP contribution in [0.3, 0.4) is 0 Å². The molecule has 0 aromatic carbocycles. The van der Waals surface area contributed by atoms with Crippen molar-refractivity contribution in [3.8, 4) is 0 Å². The third-order valence-electron chi connectivity index (χ3n) is 1.67. The van der Waals surface area contributed by atoms with Crippen LogP contribution in [0.2, 0.25) is 0 Å². The minimum Gasteiger partial charge on any atom is -0.211 e. The summed E-state index contributed by atoms with van der Waals surface area (Å²) in [5, 5.41) is 0. The van der Waals surface area contributed by atoms with Crippen molar-refractivity contribution in [1.29, 1.82) is 0 Å². The van der Waals surface area contributed by atoms with Gasteiger partial charge in [-0.3, -0.25) is 0 Å². The van der Waals surface area contributed by atoms with Gasteiger partial charge in [0.2, 0.25) is 10.0 Å².